The minimum absolute atomic E-state index is 0. The number of esters is 2. The Bertz CT molecular complexity index is 642. The van der Waals surface area contributed by atoms with Crippen molar-refractivity contribution in [2.45, 2.75) is 86.5 Å². The number of methoxy groups -OCH3 is 2. The van der Waals surface area contributed by atoms with Gasteiger partial charge < -0.3 is 14.6 Å². The average Bonchev–Trinajstić information content (AvgIpc) is 2.56. The van der Waals surface area contributed by atoms with Crippen LogP contribution in [0.5, 0.6) is 5.75 Å². The summed E-state index contributed by atoms with van der Waals surface area (Å²) in [4.78, 5) is 23.7. The van der Waals surface area contributed by atoms with Crippen molar-refractivity contribution in [1.82, 2.24) is 0 Å². The van der Waals surface area contributed by atoms with Crippen LogP contribution in [0.3, 0.4) is 0 Å². The zero-order valence-electron chi connectivity index (χ0n) is 17.9. The normalized spacial score (nSPS) is 12.3. The predicted octanol–water partition coefficient (Wildman–Crippen LogP) is 5.54. The molecule has 0 heterocycles. The van der Waals surface area contributed by atoms with Gasteiger partial charge in [0.1, 0.15) is 5.75 Å². The number of aromatic hydroxyl groups is 1. The fraction of sp³-hybridized carbons (Fsp3) is 0.667. The molecule has 0 aromatic heterocycles. The van der Waals surface area contributed by atoms with E-state index in [9.17, 15) is 14.7 Å². The van der Waals surface area contributed by atoms with Crippen molar-refractivity contribution in [2.75, 3.05) is 14.2 Å². The number of hydrogen-bond donors (Lipinski definition) is 1. The average molecular weight is 411 g/mol. The number of benzene rings is 1. The summed E-state index contributed by atoms with van der Waals surface area (Å²) >= 11 is 0. The summed E-state index contributed by atoms with van der Waals surface area (Å²) in [6, 6.07) is 3.91. The summed E-state index contributed by atoms with van der Waals surface area (Å²) in [7, 11) is 2.69. The van der Waals surface area contributed by atoms with Crippen LogP contribution < -0.4 is 0 Å². The lowest BCUT2D eigenvalue weighted by Crippen LogP contribution is -2.22. The summed E-state index contributed by atoms with van der Waals surface area (Å²) in [5, 5.41) is 10.8. The first-order chi connectivity index (χ1) is 12.3. The maximum Gasteiger partial charge on any atom is 0.309 e. The van der Waals surface area contributed by atoms with E-state index in [1.807, 2.05) is 53.7 Å². The topological polar surface area (TPSA) is 72.8 Å². The van der Waals surface area contributed by atoms with Gasteiger partial charge in [-0.2, -0.15) is 0 Å². The molecule has 1 aromatic carbocycles. The van der Waals surface area contributed by atoms with Crippen molar-refractivity contribution in [3.63, 3.8) is 0 Å². The molecule has 0 fully saturated rings. The minimum atomic E-state index is -0.445. The third-order valence-electron chi connectivity index (χ3n) is 4.73. The van der Waals surface area contributed by atoms with Gasteiger partial charge in [0.2, 0.25) is 0 Å². The van der Waals surface area contributed by atoms with Crippen LogP contribution in [0.1, 0.15) is 85.9 Å². The first kappa shape index (κ1) is 29.2. The molecule has 0 saturated carbocycles. The van der Waals surface area contributed by atoms with E-state index in [1.165, 1.54) is 14.2 Å². The fourth-order valence-corrected chi connectivity index (χ4v) is 3.10. The van der Waals surface area contributed by atoms with E-state index in [0.29, 0.717) is 18.6 Å². The van der Waals surface area contributed by atoms with Crippen LogP contribution in [0, 0.1) is 5.92 Å². The van der Waals surface area contributed by atoms with Crippen LogP contribution in [0.4, 0.5) is 0 Å². The van der Waals surface area contributed by atoms with Crippen LogP contribution >= 0.6 is 0 Å². The van der Waals surface area contributed by atoms with Gasteiger partial charge in [0.25, 0.3) is 0 Å². The van der Waals surface area contributed by atoms with Crippen LogP contribution in [0.15, 0.2) is 12.1 Å². The van der Waals surface area contributed by atoms with Gasteiger partial charge in [-0.15, -0.1) is 0 Å². The highest BCUT2D eigenvalue weighted by Crippen LogP contribution is 2.40. The summed E-state index contributed by atoms with van der Waals surface area (Å²) in [6.07, 6.45) is 0.957. The zero-order valence-corrected chi connectivity index (χ0v) is 17.9. The molecule has 5 heteroatoms. The van der Waals surface area contributed by atoms with Crippen molar-refractivity contribution in [3.8, 4) is 5.75 Å². The molecule has 0 aliphatic heterocycles. The Labute approximate surface area is 177 Å². The number of hydrogen-bond acceptors (Lipinski definition) is 5. The number of carbonyl (C=O) groups is 2. The lowest BCUT2D eigenvalue weighted by Gasteiger charge is -2.28. The predicted molar refractivity (Wildman–Crippen MR) is 119 cm³/mol. The summed E-state index contributed by atoms with van der Waals surface area (Å²) in [6.45, 7) is 12.3. The lowest BCUT2D eigenvalue weighted by molar-refractivity contribution is -0.146. The number of phenolic OH excluding ortho intramolecular Hbond substituents is 1. The Morgan fingerprint density at radius 1 is 0.931 bits per heavy atom. The highest BCUT2D eigenvalue weighted by molar-refractivity contribution is 5.74. The smallest absolute Gasteiger partial charge is 0.309 e. The Morgan fingerprint density at radius 2 is 1.38 bits per heavy atom. The maximum atomic E-state index is 12.2. The van der Waals surface area contributed by atoms with E-state index in [4.69, 9.17) is 4.74 Å². The quantitative estimate of drug-likeness (QED) is 0.623. The van der Waals surface area contributed by atoms with E-state index in [0.717, 1.165) is 16.7 Å². The third-order valence-corrected chi connectivity index (χ3v) is 4.73. The summed E-state index contributed by atoms with van der Waals surface area (Å²) in [5.41, 5.74) is 2.16. The maximum absolute atomic E-state index is 12.2. The molecular weight excluding hydrogens is 368 g/mol. The molecule has 1 rings (SSSR count). The van der Waals surface area contributed by atoms with Crippen molar-refractivity contribution in [1.29, 1.82) is 0 Å². The SMILES string of the molecule is C.C.COC(=O)CCC(Cc1cc(C(C)(C)C)c(O)c(C(C)(C)C)c1)C(=O)OC. The van der Waals surface area contributed by atoms with E-state index in [1.54, 1.807) is 0 Å². The van der Waals surface area contributed by atoms with Crippen molar-refractivity contribution >= 4 is 11.9 Å². The summed E-state index contributed by atoms with van der Waals surface area (Å²) in [5.74, 6) is -0.829. The van der Waals surface area contributed by atoms with Gasteiger partial charge in [0, 0.05) is 6.42 Å². The molecule has 0 aliphatic carbocycles. The van der Waals surface area contributed by atoms with E-state index < -0.39 is 5.92 Å². The molecule has 0 radical (unpaired) electrons. The second-order valence-electron chi connectivity index (χ2n) is 9.08. The zero-order chi connectivity index (χ0) is 21.0. The van der Waals surface area contributed by atoms with Gasteiger partial charge in [-0.25, -0.2) is 0 Å². The number of carbonyl (C=O) groups excluding carboxylic acids is 2. The lowest BCUT2D eigenvalue weighted by atomic mass is 9.77. The van der Waals surface area contributed by atoms with E-state index in [2.05, 4.69) is 4.74 Å². The molecule has 0 aliphatic rings. The molecule has 5 nitrogen and oxygen atoms in total. The van der Waals surface area contributed by atoms with Crippen LogP contribution in [-0.4, -0.2) is 31.3 Å². The highest BCUT2D eigenvalue weighted by Gasteiger charge is 2.28. The second-order valence-corrected chi connectivity index (χ2v) is 9.08. The minimum Gasteiger partial charge on any atom is -0.507 e. The number of ether oxygens (including phenoxy) is 2. The van der Waals surface area contributed by atoms with E-state index >= 15 is 0 Å². The Balaban J connectivity index is 0. The van der Waals surface area contributed by atoms with Crippen LogP contribution in [0.2, 0.25) is 0 Å². The van der Waals surface area contributed by atoms with Gasteiger partial charge in [-0.3, -0.25) is 9.59 Å². The summed E-state index contributed by atoms with van der Waals surface area (Å²) < 4.78 is 9.61. The largest absolute Gasteiger partial charge is 0.507 e. The third kappa shape index (κ3) is 8.08. The molecule has 0 spiro atoms. The van der Waals surface area contributed by atoms with Gasteiger partial charge in [0.05, 0.1) is 20.1 Å². The van der Waals surface area contributed by atoms with Gasteiger partial charge in [-0.05, 0) is 40.4 Å². The monoisotopic (exact) mass is 410 g/mol. The Hall–Kier alpha value is -2.04. The molecule has 1 N–H and O–H groups in total. The van der Waals surface area contributed by atoms with Crippen molar-refractivity contribution in [2.24, 2.45) is 5.92 Å². The van der Waals surface area contributed by atoms with Crippen LogP contribution in [-0.2, 0) is 36.3 Å². The highest BCUT2D eigenvalue weighted by atomic mass is 16.5. The standard InChI is InChI=1S/C22H34O5.2CH4/c1-21(2,3)16-12-14(13-17(19(16)24)22(4,5)6)11-15(20(25)27-8)9-10-18(23)26-7;;/h12-13,15,24H,9-11H2,1-8H3;2*1H4. The fourth-order valence-electron chi connectivity index (χ4n) is 3.10. The number of phenols is 1. The Kier molecular flexibility index (Phi) is 11.3. The molecule has 0 amide bonds. The number of rotatable bonds is 6. The van der Waals surface area contributed by atoms with Crippen LogP contribution in [0.25, 0.3) is 0 Å². The molecule has 1 atom stereocenters. The first-order valence-corrected chi connectivity index (χ1v) is 9.32. The molecule has 1 aromatic rings. The second kappa shape index (κ2) is 11.2. The first-order valence-electron chi connectivity index (χ1n) is 9.32. The van der Waals surface area contributed by atoms with E-state index in [-0.39, 0.29) is 44.0 Å². The van der Waals surface area contributed by atoms with Crippen molar-refractivity contribution < 1.29 is 24.2 Å². The van der Waals surface area contributed by atoms with Crippen molar-refractivity contribution in [3.05, 3.63) is 28.8 Å². The van der Waals surface area contributed by atoms with Gasteiger partial charge >= 0.3 is 11.9 Å². The molecule has 0 bridgehead atoms. The molecule has 29 heavy (non-hydrogen) atoms. The Morgan fingerprint density at radius 3 is 1.72 bits per heavy atom. The van der Waals surface area contributed by atoms with Gasteiger partial charge in [-0.1, -0.05) is 68.5 Å². The van der Waals surface area contributed by atoms with Gasteiger partial charge in [0.15, 0.2) is 0 Å². The molecule has 1 unspecified atom stereocenters. The molecular formula is C24H42O5. The molecule has 0 saturated heterocycles. The molecule has 168 valence electrons.